The van der Waals surface area contributed by atoms with Crippen LogP contribution in [-0.4, -0.2) is 21.3 Å². The van der Waals surface area contributed by atoms with Gasteiger partial charge < -0.3 is 4.42 Å². The molecule has 0 spiro atoms. The van der Waals surface area contributed by atoms with E-state index in [4.69, 9.17) is 27.6 Å². The molecule has 4 rings (SSSR count). The number of imidazole rings is 1. The lowest BCUT2D eigenvalue weighted by Gasteiger charge is -1.93. The number of halogens is 3. The SMILES string of the molecule is FCCc1nn2c(-c3cc4c(Cl)cc(Cl)cc4o3)cnc2s1. The molecule has 8 heteroatoms. The van der Waals surface area contributed by atoms with E-state index in [1.165, 1.54) is 11.3 Å². The van der Waals surface area contributed by atoms with Crippen LogP contribution in [0.4, 0.5) is 4.39 Å². The first-order chi connectivity index (χ1) is 10.7. The van der Waals surface area contributed by atoms with Gasteiger partial charge in [-0.25, -0.2) is 4.98 Å². The molecule has 0 saturated carbocycles. The number of fused-ring (bicyclic) bond motifs is 2. The molecule has 0 fully saturated rings. The van der Waals surface area contributed by atoms with E-state index in [-0.39, 0.29) is 6.42 Å². The number of hydrogen-bond donors (Lipinski definition) is 0. The van der Waals surface area contributed by atoms with Crippen molar-refractivity contribution in [3.63, 3.8) is 0 Å². The van der Waals surface area contributed by atoms with Crippen LogP contribution < -0.4 is 0 Å². The second-order valence-corrected chi connectivity index (χ2v) is 6.57. The standard InChI is InChI=1S/C14H8Cl2FN3OS/c15-7-3-9(16)8-5-12(21-11(8)4-7)10-6-18-14-20(10)19-13(22-14)1-2-17/h3-6H,1-2H2. The first-order valence-electron chi connectivity index (χ1n) is 6.44. The molecule has 0 unspecified atom stereocenters. The van der Waals surface area contributed by atoms with Crippen LogP contribution in [-0.2, 0) is 6.42 Å². The third kappa shape index (κ3) is 2.18. The molecule has 0 N–H and O–H groups in total. The highest BCUT2D eigenvalue weighted by molar-refractivity contribution is 7.16. The fourth-order valence-corrected chi connectivity index (χ4v) is 3.65. The van der Waals surface area contributed by atoms with Gasteiger partial charge in [0.05, 0.1) is 17.9 Å². The second-order valence-electron chi connectivity index (χ2n) is 4.68. The topological polar surface area (TPSA) is 43.3 Å². The second kappa shape index (κ2) is 5.22. The Morgan fingerprint density at radius 1 is 1.27 bits per heavy atom. The number of alkyl halides is 1. The van der Waals surface area contributed by atoms with Crippen LogP contribution in [0.25, 0.3) is 27.4 Å². The van der Waals surface area contributed by atoms with Crippen LogP contribution in [0.15, 0.2) is 28.8 Å². The Labute approximate surface area is 138 Å². The van der Waals surface area contributed by atoms with Crippen molar-refractivity contribution in [3.8, 4) is 11.5 Å². The molecule has 0 aliphatic carbocycles. The van der Waals surface area contributed by atoms with Crippen molar-refractivity contribution in [1.82, 2.24) is 14.6 Å². The monoisotopic (exact) mass is 355 g/mol. The van der Waals surface area contributed by atoms with E-state index in [1.807, 2.05) is 6.07 Å². The maximum Gasteiger partial charge on any atom is 0.212 e. The highest BCUT2D eigenvalue weighted by Gasteiger charge is 2.16. The quantitative estimate of drug-likeness (QED) is 0.518. The Hall–Kier alpha value is -1.63. The van der Waals surface area contributed by atoms with Crippen LogP contribution in [0, 0.1) is 0 Å². The van der Waals surface area contributed by atoms with Gasteiger partial charge in [0, 0.05) is 22.9 Å². The average molecular weight is 356 g/mol. The third-order valence-corrected chi connectivity index (χ3v) is 4.75. The number of benzene rings is 1. The summed E-state index contributed by atoms with van der Waals surface area (Å²) in [6.45, 7) is -0.440. The van der Waals surface area contributed by atoms with Crippen molar-refractivity contribution in [2.75, 3.05) is 6.67 Å². The van der Waals surface area contributed by atoms with Crippen LogP contribution in [0.2, 0.25) is 10.0 Å². The van der Waals surface area contributed by atoms with Crippen molar-refractivity contribution in [2.45, 2.75) is 6.42 Å². The summed E-state index contributed by atoms with van der Waals surface area (Å²) < 4.78 is 19.9. The minimum absolute atomic E-state index is 0.287. The maximum atomic E-state index is 12.5. The van der Waals surface area contributed by atoms with E-state index in [0.717, 1.165) is 5.39 Å². The van der Waals surface area contributed by atoms with Gasteiger partial charge in [0.15, 0.2) is 5.76 Å². The molecule has 1 aromatic carbocycles. The van der Waals surface area contributed by atoms with E-state index >= 15 is 0 Å². The number of aromatic nitrogens is 3. The summed E-state index contributed by atoms with van der Waals surface area (Å²) in [6, 6.07) is 5.20. The van der Waals surface area contributed by atoms with Gasteiger partial charge in [-0.15, -0.1) is 0 Å². The average Bonchev–Trinajstić information content (AvgIpc) is 3.11. The lowest BCUT2D eigenvalue weighted by molar-refractivity contribution is 0.493. The summed E-state index contributed by atoms with van der Waals surface area (Å²) >= 11 is 13.5. The van der Waals surface area contributed by atoms with Crippen LogP contribution in [0.3, 0.4) is 0 Å². The molecular formula is C14H8Cl2FN3OS. The molecule has 0 radical (unpaired) electrons. The molecule has 3 heterocycles. The number of aryl methyl sites for hydroxylation is 1. The zero-order valence-electron chi connectivity index (χ0n) is 11.0. The molecule has 4 nitrogen and oxygen atoms in total. The lowest BCUT2D eigenvalue weighted by Crippen LogP contribution is -1.91. The molecular weight excluding hydrogens is 348 g/mol. The Morgan fingerprint density at radius 3 is 2.95 bits per heavy atom. The minimum Gasteiger partial charge on any atom is -0.454 e. The molecule has 0 atom stereocenters. The maximum absolute atomic E-state index is 12.5. The Balaban J connectivity index is 1.89. The molecule has 4 aromatic rings. The normalized spacial score (nSPS) is 11.8. The summed E-state index contributed by atoms with van der Waals surface area (Å²) in [5.74, 6) is 0.587. The first kappa shape index (κ1) is 14.0. The van der Waals surface area contributed by atoms with Crippen LogP contribution in [0.1, 0.15) is 5.01 Å². The summed E-state index contributed by atoms with van der Waals surface area (Å²) in [5.41, 5.74) is 1.29. The van der Waals surface area contributed by atoms with Gasteiger partial charge in [0.1, 0.15) is 16.3 Å². The molecule has 0 saturated heterocycles. The van der Waals surface area contributed by atoms with Gasteiger partial charge >= 0.3 is 0 Å². The van der Waals surface area contributed by atoms with Gasteiger partial charge in [0.25, 0.3) is 0 Å². The lowest BCUT2D eigenvalue weighted by atomic mass is 10.2. The van der Waals surface area contributed by atoms with E-state index in [2.05, 4.69) is 10.1 Å². The number of hydrogen-bond acceptors (Lipinski definition) is 4. The highest BCUT2D eigenvalue weighted by atomic mass is 35.5. The van der Waals surface area contributed by atoms with E-state index in [1.54, 1.807) is 22.8 Å². The highest BCUT2D eigenvalue weighted by Crippen LogP contribution is 2.35. The molecule has 0 bridgehead atoms. The zero-order valence-corrected chi connectivity index (χ0v) is 13.3. The van der Waals surface area contributed by atoms with Crippen molar-refractivity contribution in [3.05, 3.63) is 39.4 Å². The summed E-state index contributed by atoms with van der Waals surface area (Å²) in [5, 5.41) is 6.87. The van der Waals surface area contributed by atoms with E-state index in [0.29, 0.717) is 37.1 Å². The van der Waals surface area contributed by atoms with Gasteiger partial charge in [-0.1, -0.05) is 34.5 Å². The van der Waals surface area contributed by atoms with E-state index in [9.17, 15) is 4.39 Å². The number of furan rings is 1. The Kier molecular flexibility index (Phi) is 3.32. The van der Waals surface area contributed by atoms with Crippen molar-refractivity contribution in [1.29, 1.82) is 0 Å². The smallest absolute Gasteiger partial charge is 0.212 e. The third-order valence-electron chi connectivity index (χ3n) is 3.24. The van der Waals surface area contributed by atoms with Gasteiger partial charge in [-0.05, 0) is 12.1 Å². The van der Waals surface area contributed by atoms with Crippen molar-refractivity contribution in [2.24, 2.45) is 0 Å². The van der Waals surface area contributed by atoms with Crippen LogP contribution in [0.5, 0.6) is 0 Å². The first-order valence-corrected chi connectivity index (χ1v) is 8.01. The van der Waals surface area contributed by atoms with Crippen molar-refractivity contribution < 1.29 is 8.81 Å². The molecule has 3 aromatic heterocycles. The van der Waals surface area contributed by atoms with E-state index < -0.39 is 6.67 Å². The van der Waals surface area contributed by atoms with Gasteiger partial charge in [-0.3, -0.25) is 4.39 Å². The van der Waals surface area contributed by atoms with Crippen LogP contribution >= 0.6 is 34.5 Å². The molecule has 22 heavy (non-hydrogen) atoms. The molecule has 0 amide bonds. The summed E-state index contributed by atoms with van der Waals surface area (Å²) in [7, 11) is 0. The fourth-order valence-electron chi connectivity index (χ4n) is 2.27. The molecule has 112 valence electrons. The van der Waals surface area contributed by atoms with Gasteiger partial charge in [-0.2, -0.15) is 9.61 Å². The number of rotatable bonds is 3. The van der Waals surface area contributed by atoms with Crippen molar-refractivity contribution >= 4 is 50.5 Å². The minimum atomic E-state index is -0.440. The molecule has 0 aliphatic rings. The van der Waals surface area contributed by atoms with Gasteiger partial charge in [0.2, 0.25) is 4.96 Å². The predicted octanol–water partition coefficient (Wildman–Crippen LogP) is 5.02. The largest absolute Gasteiger partial charge is 0.454 e. The molecule has 0 aliphatic heterocycles. The summed E-state index contributed by atoms with van der Waals surface area (Å²) in [4.78, 5) is 4.98. The fraction of sp³-hybridized carbons (Fsp3) is 0.143. The predicted molar refractivity (Wildman–Crippen MR) is 85.8 cm³/mol. The Bertz CT molecular complexity index is 991. The number of nitrogens with zero attached hydrogens (tertiary/aromatic N) is 3. The zero-order chi connectivity index (χ0) is 15.3. The Morgan fingerprint density at radius 2 is 2.14 bits per heavy atom. The summed E-state index contributed by atoms with van der Waals surface area (Å²) in [6.07, 6.45) is 1.96.